The zero-order valence-electron chi connectivity index (χ0n) is 14.3. The normalized spacial score (nSPS) is 11.9. The summed E-state index contributed by atoms with van der Waals surface area (Å²) in [6.07, 6.45) is 1.03. The Morgan fingerprint density at radius 3 is 2.35 bits per heavy atom. The van der Waals surface area contributed by atoms with Gasteiger partial charge in [-0.1, -0.05) is 12.1 Å². The van der Waals surface area contributed by atoms with Crippen molar-refractivity contribution in [1.82, 2.24) is 10.2 Å². The second-order valence-corrected chi connectivity index (χ2v) is 5.92. The van der Waals surface area contributed by atoms with Crippen molar-refractivity contribution >= 4 is 11.9 Å². The Balaban J connectivity index is 2.38. The highest BCUT2D eigenvalue weighted by Crippen LogP contribution is 2.14. The van der Waals surface area contributed by atoms with Crippen LogP contribution in [0, 0.1) is 0 Å². The Hall–Kier alpha value is -2.24. The van der Waals surface area contributed by atoms with Gasteiger partial charge in [0.2, 0.25) is 5.91 Å². The van der Waals surface area contributed by atoms with Gasteiger partial charge in [0.15, 0.2) is 0 Å². The molecule has 0 heterocycles. The lowest BCUT2D eigenvalue weighted by atomic mass is 10.1. The van der Waals surface area contributed by atoms with E-state index < -0.39 is 5.91 Å². The number of carbonyl (C=O) groups is 2. The van der Waals surface area contributed by atoms with Crippen LogP contribution in [-0.2, 0) is 11.2 Å². The number of benzene rings is 1. The molecule has 0 bridgehead atoms. The predicted molar refractivity (Wildman–Crippen MR) is 90.3 cm³/mol. The summed E-state index contributed by atoms with van der Waals surface area (Å²) in [5, 5.41) is 2.84. The van der Waals surface area contributed by atoms with E-state index in [1.807, 2.05) is 38.1 Å². The molecule has 0 aliphatic heterocycles. The van der Waals surface area contributed by atoms with Crippen molar-refractivity contribution in [2.24, 2.45) is 5.73 Å². The van der Waals surface area contributed by atoms with E-state index >= 15 is 0 Å². The number of nitrogens with two attached hydrogens (primary N) is 1. The quantitative estimate of drug-likeness (QED) is 0.767. The molecule has 3 amide bonds. The highest BCUT2D eigenvalue weighted by molar-refractivity contribution is 5.77. The van der Waals surface area contributed by atoms with Crippen LogP contribution in [0.25, 0.3) is 0 Å². The van der Waals surface area contributed by atoms with E-state index in [1.54, 1.807) is 14.0 Å². The molecule has 128 valence electrons. The molecule has 6 heteroatoms. The zero-order chi connectivity index (χ0) is 17.4. The third-order valence-electron chi connectivity index (χ3n) is 3.46. The van der Waals surface area contributed by atoms with E-state index in [-0.39, 0.29) is 24.6 Å². The van der Waals surface area contributed by atoms with Gasteiger partial charge in [-0.3, -0.25) is 4.79 Å². The highest BCUT2D eigenvalue weighted by atomic mass is 16.5. The highest BCUT2D eigenvalue weighted by Gasteiger charge is 2.16. The number of urea groups is 1. The molecule has 0 aliphatic rings. The molecular weight excluding hydrogens is 294 g/mol. The van der Waals surface area contributed by atoms with Crippen LogP contribution in [-0.4, -0.2) is 42.6 Å². The van der Waals surface area contributed by atoms with Crippen LogP contribution in [0.5, 0.6) is 5.75 Å². The number of primary amides is 1. The molecular formula is C17H27N3O3. The molecule has 0 fully saturated rings. The van der Waals surface area contributed by atoms with E-state index in [1.165, 1.54) is 4.90 Å². The van der Waals surface area contributed by atoms with Gasteiger partial charge in [0.1, 0.15) is 5.75 Å². The summed E-state index contributed by atoms with van der Waals surface area (Å²) in [7, 11) is 1.65. The predicted octanol–water partition coefficient (Wildman–Crippen LogP) is 1.92. The van der Waals surface area contributed by atoms with E-state index in [0.29, 0.717) is 6.54 Å². The topological polar surface area (TPSA) is 84.7 Å². The van der Waals surface area contributed by atoms with Gasteiger partial charge in [0.05, 0.1) is 6.10 Å². The smallest absolute Gasteiger partial charge is 0.317 e. The molecule has 1 atom stereocenters. The number of rotatable bonds is 8. The molecule has 0 aromatic heterocycles. The van der Waals surface area contributed by atoms with Crippen LogP contribution in [0.4, 0.5) is 4.79 Å². The first-order valence-electron chi connectivity index (χ1n) is 7.84. The summed E-state index contributed by atoms with van der Waals surface area (Å²) in [6, 6.07) is 7.40. The molecule has 1 aromatic rings. The van der Waals surface area contributed by atoms with Crippen LogP contribution < -0.4 is 15.8 Å². The minimum atomic E-state index is -0.416. The van der Waals surface area contributed by atoms with Crippen LogP contribution in [0.1, 0.15) is 32.8 Å². The first kappa shape index (κ1) is 18.8. The van der Waals surface area contributed by atoms with Crippen molar-refractivity contribution in [3.63, 3.8) is 0 Å². The van der Waals surface area contributed by atoms with Gasteiger partial charge in [0.25, 0.3) is 0 Å². The van der Waals surface area contributed by atoms with E-state index in [0.717, 1.165) is 17.7 Å². The number of ether oxygens (including phenoxy) is 1. The summed E-state index contributed by atoms with van der Waals surface area (Å²) >= 11 is 0. The Morgan fingerprint density at radius 2 is 1.83 bits per heavy atom. The Morgan fingerprint density at radius 1 is 1.22 bits per heavy atom. The largest absolute Gasteiger partial charge is 0.491 e. The molecule has 6 nitrogen and oxygen atoms in total. The molecule has 1 aromatic carbocycles. The van der Waals surface area contributed by atoms with Crippen molar-refractivity contribution < 1.29 is 14.3 Å². The van der Waals surface area contributed by atoms with Gasteiger partial charge >= 0.3 is 6.03 Å². The fourth-order valence-electron chi connectivity index (χ4n) is 2.07. The van der Waals surface area contributed by atoms with E-state index in [4.69, 9.17) is 10.5 Å². The molecule has 1 rings (SSSR count). The third kappa shape index (κ3) is 7.04. The monoisotopic (exact) mass is 321 g/mol. The molecule has 0 spiro atoms. The Labute approximate surface area is 138 Å². The van der Waals surface area contributed by atoms with Crippen LogP contribution >= 0.6 is 0 Å². The summed E-state index contributed by atoms with van der Waals surface area (Å²) in [4.78, 5) is 24.3. The molecule has 3 N–H and O–H groups in total. The van der Waals surface area contributed by atoms with Gasteiger partial charge in [0, 0.05) is 26.1 Å². The van der Waals surface area contributed by atoms with Gasteiger partial charge in [-0.2, -0.15) is 0 Å². The summed E-state index contributed by atoms with van der Waals surface area (Å²) in [5.74, 6) is 0.425. The van der Waals surface area contributed by atoms with Gasteiger partial charge in [-0.05, 0) is 44.9 Å². The van der Waals surface area contributed by atoms with Crippen LogP contribution in [0.2, 0.25) is 0 Å². The van der Waals surface area contributed by atoms with E-state index in [9.17, 15) is 9.59 Å². The van der Waals surface area contributed by atoms with Crippen molar-refractivity contribution in [3.05, 3.63) is 29.8 Å². The lowest BCUT2D eigenvalue weighted by Crippen LogP contribution is -2.44. The third-order valence-corrected chi connectivity index (χ3v) is 3.46. The van der Waals surface area contributed by atoms with Gasteiger partial charge < -0.3 is 20.7 Å². The minimum Gasteiger partial charge on any atom is -0.491 e. The fourth-order valence-corrected chi connectivity index (χ4v) is 2.07. The average Bonchev–Trinajstić information content (AvgIpc) is 2.46. The summed E-state index contributed by atoms with van der Waals surface area (Å²) in [6.45, 7) is 6.28. The van der Waals surface area contributed by atoms with E-state index in [2.05, 4.69) is 5.32 Å². The first-order chi connectivity index (χ1) is 10.8. The number of hydrogen-bond acceptors (Lipinski definition) is 3. The second-order valence-electron chi connectivity index (χ2n) is 5.92. The summed E-state index contributed by atoms with van der Waals surface area (Å²) in [5.41, 5.74) is 6.26. The number of amides is 3. The maximum atomic E-state index is 12.0. The fraction of sp³-hybridized carbons (Fsp3) is 0.529. The van der Waals surface area contributed by atoms with Gasteiger partial charge in [-0.25, -0.2) is 4.79 Å². The molecule has 0 unspecified atom stereocenters. The minimum absolute atomic E-state index is 0.151. The molecule has 0 saturated heterocycles. The standard InChI is InChI=1S/C17H27N3O3/c1-12(2)23-15-7-5-14(6-8-15)9-10-19-17(22)20(4)13(3)11-16(18)21/h5-8,12-13H,9-11H2,1-4H3,(H2,18,21)(H,19,22)/t13-/m1/s1. The zero-order valence-corrected chi connectivity index (χ0v) is 14.3. The van der Waals surface area contributed by atoms with Crippen LogP contribution in [0.3, 0.4) is 0 Å². The van der Waals surface area contributed by atoms with Crippen molar-refractivity contribution in [2.45, 2.75) is 45.8 Å². The Kier molecular flexibility index (Phi) is 7.38. The number of hydrogen-bond donors (Lipinski definition) is 2. The average molecular weight is 321 g/mol. The number of nitrogens with zero attached hydrogens (tertiary/aromatic N) is 1. The van der Waals surface area contributed by atoms with Crippen molar-refractivity contribution in [2.75, 3.05) is 13.6 Å². The number of nitrogens with one attached hydrogen (secondary N) is 1. The molecule has 0 radical (unpaired) electrons. The molecule has 0 saturated carbocycles. The Bertz CT molecular complexity index is 514. The summed E-state index contributed by atoms with van der Waals surface area (Å²) < 4.78 is 5.59. The second kappa shape index (κ2) is 9.02. The molecule has 23 heavy (non-hydrogen) atoms. The lowest BCUT2D eigenvalue weighted by molar-refractivity contribution is -0.118. The SMILES string of the molecule is CC(C)Oc1ccc(CCNC(=O)N(C)[C@H](C)CC(N)=O)cc1. The lowest BCUT2D eigenvalue weighted by Gasteiger charge is -2.24. The van der Waals surface area contributed by atoms with Crippen molar-refractivity contribution in [1.29, 1.82) is 0 Å². The van der Waals surface area contributed by atoms with Gasteiger partial charge in [-0.15, -0.1) is 0 Å². The molecule has 0 aliphatic carbocycles. The first-order valence-corrected chi connectivity index (χ1v) is 7.84. The van der Waals surface area contributed by atoms with Crippen molar-refractivity contribution in [3.8, 4) is 5.75 Å². The maximum absolute atomic E-state index is 12.0. The maximum Gasteiger partial charge on any atom is 0.317 e. The van der Waals surface area contributed by atoms with Crippen LogP contribution in [0.15, 0.2) is 24.3 Å². The number of carbonyl (C=O) groups excluding carboxylic acids is 2.